The Morgan fingerprint density at radius 1 is 1.03 bits per heavy atom. The number of nitrogens with zero attached hydrogens (tertiary/aromatic N) is 2. The zero-order chi connectivity index (χ0) is 23.4. The molecule has 1 aliphatic carbocycles. The summed E-state index contributed by atoms with van der Waals surface area (Å²) in [4.78, 5) is 31.2. The van der Waals surface area contributed by atoms with Crippen LogP contribution in [0.2, 0.25) is 0 Å². The summed E-state index contributed by atoms with van der Waals surface area (Å²) in [6, 6.07) is 21.2. The van der Waals surface area contributed by atoms with Gasteiger partial charge < -0.3 is 15.3 Å². The molecule has 2 amide bonds. The molecule has 2 aromatic carbocycles. The quantitative estimate of drug-likeness (QED) is 0.587. The molecular weight excluding hydrogens is 414 g/mol. The monoisotopic (exact) mass is 445 g/mol. The summed E-state index contributed by atoms with van der Waals surface area (Å²) in [5.74, 6) is -0.264. The van der Waals surface area contributed by atoms with E-state index in [1.165, 1.54) is 6.92 Å². The first-order valence-electron chi connectivity index (χ1n) is 11.5. The Kier molecular flexibility index (Phi) is 6.75. The molecule has 1 aromatic heterocycles. The number of aromatic nitrogens is 1. The molecule has 3 aromatic rings. The Hall–Kier alpha value is -3.25. The van der Waals surface area contributed by atoms with E-state index in [9.17, 15) is 14.7 Å². The molecule has 6 nitrogen and oxygen atoms in total. The average Bonchev–Trinajstić information content (AvgIpc) is 3.01. The second-order valence-corrected chi connectivity index (χ2v) is 9.07. The molecule has 0 unspecified atom stereocenters. The molecule has 1 heterocycles. The Morgan fingerprint density at radius 2 is 1.73 bits per heavy atom. The fraction of sp³-hybridized carbons (Fsp3) is 0.370. The van der Waals surface area contributed by atoms with Crippen LogP contribution in [0.4, 0.5) is 0 Å². The summed E-state index contributed by atoms with van der Waals surface area (Å²) >= 11 is 0. The largest absolute Gasteiger partial charge is 0.391 e. The highest BCUT2D eigenvalue weighted by atomic mass is 16.3. The Labute approximate surface area is 194 Å². The van der Waals surface area contributed by atoms with Gasteiger partial charge in [-0.05, 0) is 43.4 Å². The minimum absolute atomic E-state index is 0.0682. The number of aliphatic hydroxyl groups is 1. The molecule has 1 saturated carbocycles. The molecule has 0 aliphatic heterocycles. The van der Waals surface area contributed by atoms with Crippen LogP contribution in [0.1, 0.15) is 48.7 Å². The molecule has 1 aliphatic rings. The van der Waals surface area contributed by atoms with E-state index in [2.05, 4.69) is 22.4 Å². The number of amides is 2. The van der Waals surface area contributed by atoms with Crippen molar-refractivity contribution < 1.29 is 14.7 Å². The van der Waals surface area contributed by atoms with Gasteiger partial charge in [0.05, 0.1) is 17.7 Å². The van der Waals surface area contributed by atoms with Crippen LogP contribution in [0.25, 0.3) is 10.9 Å². The van der Waals surface area contributed by atoms with Crippen molar-refractivity contribution in [1.29, 1.82) is 0 Å². The maximum atomic E-state index is 13.3. The van der Waals surface area contributed by atoms with Gasteiger partial charge >= 0.3 is 0 Å². The highest BCUT2D eigenvalue weighted by Gasteiger charge is 2.40. The number of nitrogens with one attached hydrogen (secondary N) is 1. The Bertz CT molecular complexity index is 1130. The highest BCUT2D eigenvalue weighted by Crippen LogP contribution is 2.39. The number of likely N-dealkylation sites (N-methyl/N-ethyl adjacent to an activating group) is 1. The first-order chi connectivity index (χ1) is 15.9. The lowest BCUT2D eigenvalue weighted by molar-refractivity contribution is -0.119. The number of carbonyl (C=O) groups excluding carboxylic acids is 2. The van der Waals surface area contributed by atoms with E-state index in [1.54, 1.807) is 18.0 Å². The van der Waals surface area contributed by atoms with Crippen molar-refractivity contribution in [3.63, 3.8) is 0 Å². The summed E-state index contributed by atoms with van der Waals surface area (Å²) in [6.07, 6.45) is 2.00. The van der Waals surface area contributed by atoms with Crippen molar-refractivity contribution in [2.75, 3.05) is 13.6 Å². The smallest absolute Gasteiger partial charge is 0.272 e. The van der Waals surface area contributed by atoms with Crippen molar-refractivity contribution in [1.82, 2.24) is 15.2 Å². The van der Waals surface area contributed by atoms with Gasteiger partial charge in [-0.1, -0.05) is 54.6 Å². The number of hydrogen-bond donors (Lipinski definition) is 2. The zero-order valence-electron chi connectivity index (χ0n) is 19.2. The third-order valence-electron chi connectivity index (χ3n) is 6.98. The lowest BCUT2D eigenvalue weighted by Crippen LogP contribution is -2.44. The van der Waals surface area contributed by atoms with Gasteiger partial charge in [-0.25, -0.2) is 4.98 Å². The van der Waals surface area contributed by atoms with Crippen molar-refractivity contribution in [2.24, 2.45) is 0 Å². The molecule has 172 valence electrons. The van der Waals surface area contributed by atoms with E-state index in [0.717, 1.165) is 29.3 Å². The van der Waals surface area contributed by atoms with E-state index in [1.807, 2.05) is 48.5 Å². The van der Waals surface area contributed by atoms with Crippen molar-refractivity contribution in [3.8, 4) is 0 Å². The highest BCUT2D eigenvalue weighted by molar-refractivity contribution is 5.95. The first-order valence-corrected chi connectivity index (χ1v) is 11.5. The average molecular weight is 446 g/mol. The van der Waals surface area contributed by atoms with Crippen LogP contribution in [0.15, 0.2) is 66.7 Å². The second kappa shape index (κ2) is 9.71. The lowest BCUT2D eigenvalue weighted by atomic mass is 9.74. The maximum Gasteiger partial charge on any atom is 0.272 e. The normalized spacial score (nSPS) is 23.0. The molecule has 0 bridgehead atoms. The van der Waals surface area contributed by atoms with Crippen LogP contribution in [-0.2, 0) is 10.2 Å². The van der Waals surface area contributed by atoms with Crippen LogP contribution < -0.4 is 5.32 Å². The standard InChI is InChI=1S/C27H31N3O3/c1-19(31)28-18-27(21-9-4-3-5-10-21)16-14-24(25(32)15-17-27)30(2)26(33)23-13-12-20-8-6-7-11-22(20)29-23/h3-13,24-25,32H,14-18H2,1-2H3,(H,28,31)/t24-,25-,27-/m1/s1. The predicted molar refractivity (Wildman–Crippen MR) is 129 cm³/mol. The minimum Gasteiger partial charge on any atom is -0.391 e. The van der Waals surface area contributed by atoms with E-state index >= 15 is 0 Å². The lowest BCUT2D eigenvalue weighted by Gasteiger charge is -2.34. The summed E-state index contributed by atoms with van der Waals surface area (Å²) < 4.78 is 0. The summed E-state index contributed by atoms with van der Waals surface area (Å²) in [7, 11) is 1.75. The minimum atomic E-state index is -0.651. The fourth-order valence-corrected chi connectivity index (χ4v) is 4.98. The molecular formula is C27H31N3O3. The number of aliphatic hydroxyl groups excluding tert-OH is 1. The number of para-hydroxylation sites is 1. The molecule has 1 fully saturated rings. The zero-order valence-corrected chi connectivity index (χ0v) is 19.2. The summed E-state index contributed by atoms with van der Waals surface area (Å²) in [6.45, 7) is 2.03. The Morgan fingerprint density at radius 3 is 2.48 bits per heavy atom. The van der Waals surface area contributed by atoms with Crippen molar-refractivity contribution in [2.45, 2.75) is 50.2 Å². The number of pyridine rings is 1. The molecule has 3 atom stereocenters. The summed E-state index contributed by atoms with van der Waals surface area (Å²) in [5.41, 5.74) is 2.02. The van der Waals surface area contributed by atoms with Gasteiger partial charge in [0, 0.05) is 31.3 Å². The predicted octanol–water partition coefficient (Wildman–Crippen LogP) is 3.68. The van der Waals surface area contributed by atoms with Gasteiger partial charge in [-0.2, -0.15) is 0 Å². The molecule has 0 radical (unpaired) electrons. The first kappa shape index (κ1) is 22.9. The molecule has 0 saturated heterocycles. The van der Waals surface area contributed by atoms with Gasteiger partial charge in [0.1, 0.15) is 5.69 Å². The third-order valence-corrected chi connectivity index (χ3v) is 6.98. The number of benzene rings is 2. The van der Waals surface area contributed by atoms with Crippen molar-refractivity contribution >= 4 is 22.7 Å². The fourth-order valence-electron chi connectivity index (χ4n) is 4.98. The third kappa shape index (κ3) is 4.91. The van der Waals surface area contributed by atoms with E-state index < -0.39 is 6.10 Å². The maximum absolute atomic E-state index is 13.3. The molecule has 0 spiro atoms. The molecule has 6 heteroatoms. The van der Waals surface area contributed by atoms with Gasteiger partial charge in [0.25, 0.3) is 5.91 Å². The van der Waals surface area contributed by atoms with Gasteiger partial charge in [-0.15, -0.1) is 0 Å². The number of rotatable bonds is 5. The molecule has 2 N–H and O–H groups in total. The van der Waals surface area contributed by atoms with E-state index in [-0.39, 0.29) is 23.3 Å². The number of carbonyl (C=O) groups is 2. The SMILES string of the molecule is CC(=O)NC[C@]1(c2ccccc2)CC[C@@H](O)[C@H](N(C)C(=O)c2ccc3ccccc3n2)CC1. The van der Waals surface area contributed by atoms with Crippen molar-refractivity contribution in [3.05, 3.63) is 78.0 Å². The Balaban J connectivity index is 1.57. The van der Waals surface area contributed by atoms with Gasteiger partial charge in [-0.3, -0.25) is 9.59 Å². The van der Waals surface area contributed by atoms with Gasteiger partial charge in [0.2, 0.25) is 5.91 Å². The van der Waals surface area contributed by atoms with Crippen LogP contribution in [0.5, 0.6) is 0 Å². The van der Waals surface area contributed by atoms with Crippen LogP contribution in [0, 0.1) is 0 Å². The van der Waals surface area contributed by atoms with Crippen LogP contribution >= 0.6 is 0 Å². The second-order valence-electron chi connectivity index (χ2n) is 9.07. The van der Waals surface area contributed by atoms with E-state index in [4.69, 9.17) is 0 Å². The molecule has 4 rings (SSSR count). The van der Waals surface area contributed by atoms with Gasteiger partial charge in [0.15, 0.2) is 0 Å². The van der Waals surface area contributed by atoms with Crippen LogP contribution in [0.3, 0.4) is 0 Å². The van der Waals surface area contributed by atoms with E-state index in [0.29, 0.717) is 25.1 Å². The topological polar surface area (TPSA) is 82.5 Å². The summed E-state index contributed by atoms with van der Waals surface area (Å²) in [5, 5.41) is 15.0. The van der Waals surface area contributed by atoms with Crippen LogP contribution in [-0.4, -0.2) is 52.5 Å². The number of hydrogen-bond acceptors (Lipinski definition) is 4. The molecule has 33 heavy (non-hydrogen) atoms. The number of fused-ring (bicyclic) bond motifs is 1.